The highest BCUT2D eigenvalue weighted by molar-refractivity contribution is 5.81. The fraction of sp³-hybridized carbons (Fsp3) is 0.253. The average Bonchev–Trinajstić information content (AvgIpc) is 1.63. The van der Waals surface area contributed by atoms with Crippen LogP contribution in [0.25, 0.3) is 75.4 Å². The first kappa shape index (κ1) is 88.3. The van der Waals surface area contributed by atoms with Gasteiger partial charge < -0.3 is 33.2 Å². The molecule has 0 amide bonds. The van der Waals surface area contributed by atoms with E-state index in [0.29, 0.717) is 74.9 Å². The lowest BCUT2D eigenvalue weighted by atomic mass is 10.0. The lowest BCUT2D eigenvalue weighted by molar-refractivity contribution is 0.111. The minimum atomic E-state index is 0.287. The molecule has 626 valence electrons. The number of aryl methyl sites for hydroxylation is 7. The minimum Gasteiger partial charge on any atom is -0.487 e. The van der Waals surface area contributed by atoms with E-state index in [-0.39, 0.29) is 6.04 Å². The Morgan fingerprint density at radius 1 is 0.451 bits per heavy atom. The van der Waals surface area contributed by atoms with Crippen molar-refractivity contribution in [1.82, 2.24) is 93.8 Å². The first-order chi connectivity index (χ1) is 59.7. The van der Waals surface area contributed by atoms with Crippen molar-refractivity contribution >= 4 is 36.2 Å². The van der Waals surface area contributed by atoms with E-state index in [9.17, 15) is 4.79 Å². The fourth-order valence-corrected chi connectivity index (χ4v) is 13.2. The van der Waals surface area contributed by atoms with Crippen molar-refractivity contribution < 1.29 is 38.0 Å². The lowest BCUT2D eigenvalue weighted by Gasteiger charge is -2.23. The molecule has 27 heteroatoms. The topological polar surface area (TPSA) is 287 Å². The van der Waals surface area contributed by atoms with E-state index in [0.717, 1.165) is 175 Å². The van der Waals surface area contributed by atoms with E-state index in [1.54, 1.807) is 99.6 Å². The van der Waals surface area contributed by atoms with Gasteiger partial charge in [0.15, 0.2) is 6.29 Å². The highest BCUT2D eigenvalue weighted by atomic mass is 16.5. The lowest BCUT2D eigenvalue weighted by Crippen LogP contribution is -2.18. The smallest absolute Gasteiger partial charge is 0.213 e. The second-order valence-corrected chi connectivity index (χ2v) is 27.8. The Kier molecular flexibility index (Phi) is 32.5. The number of methoxy groups -OCH3 is 1. The molecule has 15 heterocycles. The van der Waals surface area contributed by atoms with Gasteiger partial charge in [-0.1, -0.05) is 63.6 Å². The van der Waals surface area contributed by atoms with Crippen molar-refractivity contribution in [2.75, 3.05) is 26.9 Å². The molecule has 0 aliphatic carbocycles. The quantitative estimate of drug-likeness (QED) is 0.0354. The van der Waals surface area contributed by atoms with Gasteiger partial charge in [-0.15, -0.1) is 0 Å². The van der Waals surface area contributed by atoms with Crippen molar-refractivity contribution in [2.45, 2.75) is 134 Å². The third-order valence-electron chi connectivity index (χ3n) is 19.4. The highest BCUT2D eigenvalue weighted by Crippen LogP contribution is 2.33. The van der Waals surface area contributed by atoms with Gasteiger partial charge in [-0.2, -0.15) is 25.5 Å². The van der Waals surface area contributed by atoms with Crippen molar-refractivity contribution in [3.8, 4) is 80.2 Å². The van der Waals surface area contributed by atoms with Crippen LogP contribution < -0.4 is 28.4 Å². The third kappa shape index (κ3) is 22.9. The molecule has 0 radical (unpaired) electrons. The third-order valence-corrected chi connectivity index (χ3v) is 19.4. The van der Waals surface area contributed by atoms with E-state index in [4.69, 9.17) is 33.2 Å². The monoisotopic (exact) mass is 1640 g/mol. The molecule has 1 aliphatic heterocycles. The zero-order chi connectivity index (χ0) is 86.1. The number of hydrogen-bond donors (Lipinski definition) is 0. The first-order valence-corrected chi connectivity index (χ1v) is 40.3. The van der Waals surface area contributed by atoms with E-state index in [1.807, 2.05) is 185 Å². The zero-order valence-corrected chi connectivity index (χ0v) is 70.8. The van der Waals surface area contributed by atoms with E-state index in [1.165, 1.54) is 5.57 Å². The summed E-state index contributed by atoms with van der Waals surface area (Å²) in [7, 11) is 1.59. The summed E-state index contributed by atoms with van der Waals surface area (Å²) in [6, 6.07) is 39.1. The molecule has 0 unspecified atom stereocenters. The van der Waals surface area contributed by atoms with Gasteiger partial charge in [0.2, 0.25) is 5.88 Å². The Hall–Kier alpha value is -14.5. The maximum absolute atomic E-state index is 11.3. The molecule has 0 aromatic carbocycles. The maximum Gasteiger partial charge on any atom is 0.213 e. The van der Waals surface area contributed by atoms with Crippen LogP contribution in [0, 0.1) is 20.8 Å². The summed E-state index contributed by atoms with van der Waals surface area (Å²) in [5.41, 5.74) is 21.1. The summed E-state index contributed by atoms with van der Waals surface area (Å²) < 4.78 is 50.4. The Morgan fingerprint density at radius 2 is 0.885 bits per heavy atom. The van der Waals surface area contributed by atoms with Crippen LogP contribution >= 0.6 is 0 Å². The maximum atomic E-state index is 11.3. The van der Waals surface area contributed by atoms with Crippen LogP contribution in [0.3, 0.4) is 0 Å². The van der Waals surface area contributed by atoms with E-state index < -0.39 is 0 Å². The SMILES string of the molecule is C=Cc1cc(OC)ncc1OCC1=C(c2ccnn2C(C)C)COCC1.C=Cc1nc(C)ccc1OCc1cccnc1-c1ccnn1CC.C=Cc1nc(C)ccc1OCc1cccnc1-c1ccnn1CCC.C=Cc1ncccc1OCc1cccnc1-c1ccnn1CC.CCn1nccc1-c1ncccc1COc1cncc(C)c1C=O. The molecule has 0 atom stereocenters. The number of carbonyl (C=O) groups is 1. The molecule has 0 N–H and O–H groups in total. The van der Waals surface area contributed by atoms with Gasteiger partial charge in [0.1, 0.15) is 78.9 Å². The summed E-state index contributed by atoms with van der Waals surface area (Å²) in [6.45, 7) is 40.0. The van der Waals surface area contributed by atoms with Crippen LogP contribution in [-0.4, -0.2) is 127 Å². The Bertz CT molecular complexity index is 5840. The molecule has 0 fully saturated rings. The van der Waals surface area contributed by atoms with Crippen LogP contribution in [0.5, 0.6) is 34.6 Å². The minimum absolute atomic E-state index is 0.287. The van der Waals surface area contributed by atoms with Crippen LogP contribution in [-0.2, 0) is 57.3 Å². The van der Waals surface area contributed by atoms with E-state index >= 15 is 0 Å². The standard InChI is InChI=1S/C20H22N4O.C20H25N3O3.C19H20N4O.C18H18N4O2.C18H18N4O/c1-4-13-24-18(10-12-22-24)20-16(7-6-11-21-20)14-25-19-9-8-15(3)23-17(19)5-2;1-5-15-10-20(24-4)21-11-19(15)26-12-16-7-9-25-13-17(16)18-6-8-22-23(18)14(2)3;1-4-16-18(9-8-14(3)22-16)24-13-15-7-6-11-20-19(15)17-10-12-21-23(17)5-2;1-3-22-16(6-8-21-22)18-14(5-4-7-20-18)12-24-17-10-19-9-13(2)15(17)11-23;1-3-15-17(8-6-10-19-15)23-13-14-7-5-11-20-18(14)16-9-12-21-22(16)4-2/h5-12H,2,4,13-14H2,1,3H3;5-6,8,10-11,14H,1,7,9,12-13H2,2-4H3;4,6-12H,1,5,13H2,2-3H3;4-11H,3,12H2,1-2H3;3,5-12H,1,4,13H2,2H3. The summed E-state index contributed by atoms with van der Waals surface area (Å²) in [5.74, 6) is 3.85. The molecule has 0 saturated carbocycles. The number of hydrogen-bond acceptors (Lipinski definition) is 22. The molecule has 27 nitrogen and oxygen atoms in total. The molecule has 14 aromatic rings. The number of aromatic nitrogens is 19. The van der Waals surface area contributed by atoms with Crippen molar-refractivity contribution in [3.63, 3.8) is 0 Å². The molecule has 15 rings (SSSR count). The number of aldehydes is 1. The molecule has 0 bridgehead atoms. The summed E-state index contributed by atoms with van der Waals surface area (Å²) in [4.78, 5) is 50.8. The normalized spacial score (nSPS) is 11.4. The molecule has 0 spiro atoms. The van der Waals surface area contributed by atoms with Crippen LogP contribution in [0.2, 0.25) is 0 Å². The molecule has 1 aliphatic rings. The largest absolute Gasteiger partial charge is 0.487 e. The number of carbonyl (C=O) groups excluding carboxylic acids is 1. The van der Waals surface area contributed by atoms with Crippen molar-refractivity contribution in [2.24, 2.45) is 0 Å². The van der Waals surface area contributed by atoms with Gasteiger partial charge in [0.05, 0.1) is 89.5 Å². The molecule has 0 saturated heterocycles. The highest BCUT2D eigenvalue weighted by Gasteiger charge is 2.23. The average molecular weight is 1640 g/mol. The zero-order valence-electron chi connectivity index (χ0n) is 70.8. The summed E-state index contributed by atoms with van der Waals surface area (Å²) >= 11 is 0. The molecular weight excluding hydrogens is 1540 g/mol. The first-order valence-electron chi connectivity index (χ1n) is 40.3. The van der Waals surface area contributed by atoms with Gasteiger partial charge >= 0.3 is 0 Å². The van der Waals surface area contributed by atoms with Gasteiger partial charge in [-0.3, -0.25) is 58.1 Å². The predicted molar refractivity (Wildman–Crippen MR) is 475 cm³/mol. The van der Waals surface area contributed by atoms with Gasteiger partial charge in [0.25, 0.3) is 0 Å². The second-order valence-electron chi connectivity index (χ2n) is 27.8. The fourth-order valence-electron chi connectivity index (χ4n) is 13.2. The van der Waals surface area contributed by atoms with Gasteiger partial charge in [-0.05, 0) is 189 Å². The van der Waals surface area contributed by atoms with Crippen LogP contribution in [0.4, 0.5) is 0 Å². The molecule has 14 aromatic heterocycles. The summed E-state index contributed by atoms with van der Waals surface area (Å²) in [5, 5.41) is 21.7. The van der Waals surface area contributed by atoms with Crippen molar-refractivity contribution in [3.05, 3.63) is 307 Å². The van der Waals surface area contributed by atoms with Gasteiger partial charge in [0, 0.05) is 151 Å². The number of ether oxygens (including phenoxy) is 7. The number of rotatable bonds is 32. The Balaban J connectivity index is 0.000000149. The van der Waals surface area contributed by atoms with Gasteiger partial charge in [-0.25, -0.2) is 15.0 Å². The summed E-state index contributed by atoms with van der Waals surface area (Å²) in [6.07, 6.45) is 32.2. The number of nitrogens with zero attached hydrogens (tertiary/aromatic N) is 19. The predicted octanol–water partition coefficient (Wildman–Crippen LogP) is 18.6. The van der Waals surface area contributed by atoms with Crippen LogP contribution in [0.15, 0.2) is 234 Å². The number of pyridine rings is 9. The Morgan fingerprint density at radius 3 is 1.34 bits per heavy atom. The molecular formula is C95H103N19O8. The van der Waals surface area contributed by atoms with E-state index in [2.05, 4.69) is 131 Å². The second kappa shape index (κ2) is 44.9. The van der Waals surface area contributed by atoms with Crippen molar-refractivity contribution in [1.29, 1.82) is 0 Å². The van der Waals surface area contributed by atoms with Crippen LogP contribution in [0.1, 0.15) is 138 Å². The molecule has 122 heavy (non-hydrogen) atoms. The Labute approximate surface area is 711 Å².